The van der Waals surface area contributed by atoms with Crippen molar-refractivity contribution in [2.45, 2.75) is 6.92 Å². The number of nitrogens with zero attached hydrogens (tertiary/aromatic N) is 2. The molecule has 0 atom stereocenters. The van der Waals surface area contributed by atoms with Crippen LogP contribution in [0, 0.1) is 6.92 Å². The van der Waals surface area contributed by atoms with Crippen LogP contribution in [0.3, 0.4) is 0 Å². The van der Waals surface area contributed by atoms with Gasteiger partial charge in [0, 0.05) is 33.2 Å². The Hall–Kier alpha value is -1.22. The van der Waals surface area contributed by atoms with E-state index in [4.69, 9.17) is 0 Å². The SMILES string of the molecule is CNc1ccc(C)cc1N1CCN(C)CC1. The van der Waals surface area contributed by atoms with Gasteiger partial charge >= 0.3 is 0 Å². The summed E-state index contributed by atoms with van der Waals surface area (Å²) in [5.41, 5.74) is 3.90. The summed E-state index contributed by atoms with van der Waals surface area (Å²) >= 11 is 0. The molecule has 0 aromatic heterocycles. The van der Waals surface area contributed by atoms with Crippen molar-refractivity contribution in [3.05, 3.63) is 23.8 Å². The largest absolute Gasteiger partial charge is 0.386 e. The molecule has 3 heteroatoms. The summed E-state index contributed by atoms with van der Waals surface area (Å²) < 4.78 is 0. The third kappa shape index (κ3) is 2.30. The molecule has 1 aromatic carbocycles. The average Bonchev–Trinajstić information content (AvgIpc) is 2.30. The van der Waals surface area contributed by atoms with E-state index < -0.39 is 0 Å². The summed E-state index contributed by atoms with van der Waals surface area (Å²) in [7, 11) is 4.18. The van der Waals surface area contributed by atoms with E-state index >= 15 is 0 Å². The van der Waals surface area contributed by atoms with Crippen molar-refractivity contribution in [2.75, 3.05) is 50.5 Å². The van der Waals surface area contributed by atoms with E-state index in [1.54, 1.807) is 0 Å². The molecule has 1 aliphatic rings. The third-order valence-corrected chi connectivity index (χ3v) is 3.27. The van der Waals surface area contributed by atoms with Crippen LogP contribution in [0.15, 0.2) is 18.2 Å². The molecule has 0 bridgehead atoms. The number of aryl methyl sites for hydroxylation is 1. The van der Waals surface area contributed by atoms with Gasteiger partial charge in [0.2, 0.25) is 0 Å². The van der Waals surface area contributed by atoms with Gasteiger partial charge in [0.1, 0.15) is 0 Å². The number of nitrogens with one attached hydrogen (secondary N) is 1. The molecule has 1 heterocycles. The van der Waals surface area contributed by atoms with E-state index in [9.17, 15) is 0 Å². The van der Waals surface area contributed by atoms with Gasteiger partial charge in [-0.3, -0.25) is 0 Å². The van der Waals surface area contributed by atoms with Crippen molar-refractivity contribution in [1.82, 2.24) is 4.90 Å². The van der Waals surface area contributed by atoms with E-state index in [1.807, 2.05) is 7.05 Å². The number of benzene rings is 1. The normalized spacial score (nSPS) is 17.6. The molecule has 16 heavy (non-hydrogen) atoms. The summed E-state index contributed by atoms with van der Waals surface area (Å²) in [6.07, 6.45) is 0. The van der Waals surface area contributed by atoms with Crippen LogP contribution in [0.2, 0.25) is 0 Å². The third-order valence-electron chi connectivity index (χ3n) is 3.27. The molecule has 3 nitrogen and oxygen atoms in total. The molecule has 88 valence electrons. The van der Waals surface area contributed by atoms with Crippen LogP contribution in [0.5, 0.6) is 0 Å². The minimum Gasteiger partial charge on any atom is -0.386 e. The van der Waals surface area contributed by atoms with E-state index in [2.05, 4.69) is 47.3 Å². The molecule has 0 saturated carbocycles. The molecule has 2 rings (SSSR count). The highest BCUT2D eigenvalue weighted by atomic mass is 15.3. The van der Waals surface area contributed by atoms with Crippen molar-refractivity contribution in [3.63, 3.8) is 0 Å². The zero-order chi connectivity index (χ0) is 11.5. The Morgan fingerprint density at radius 2 is 1.81 bits per heavy atom. The first-order valence-corrected chi connectivity index (χ1v) is 5.92. The van der Waals surface area contributed by atoms with Crippen molar-refractivity contribution in [2.24, 2.45) is 0 Å². The number of hydrogen-bond donors (Lipinski definition) is 1. The zero-order valence-corrected chi connectivity index (χ0v) is 10.5. The number of hydrogen-bond acceptors (Lipinski definition) is 3. The van der Waals surface area contributed by atoms with E-state index in [0.29, 0.717) is 0 Å². The predicted octanol–water partition coefficient (Wildman–Crippen LogP) is 1.79. The predicted molar refractivity (Wildman–Crippen MR) is 70.4 cm³/mol. The van der Waals surface area contributed by atoms with Crippen LogP contribution in [0.1, 0.15) is 5.56 Å². The Kier molecular flexibility index (Phi) is 3.34. The van der Waals surface area contributed by atoms with Gasteiger partial charge in [-0.25, -0.2) is 0 Å². The van der Waals surface area contributed by atoms with Gasteiger partial charge in [0.15, 0.2) is 0 Å². The highest BCUT2D eigenvalue weighted by Crippen LogP contribution is 2.27. The molecule has 1 N–H and O–H groups in total. The first-order chi connectivity index (χ1) is 7.70. The lowest BCUT2D eigenvalue weighted by Crippen LogP contribution is -2.44. The zero-order valence-electron chi connectivity index (χ0n) is 10.5. The number of anilines is 2. The second kappa shape index (κ2) is 4.74. The van der Waals surface area contributed by atoms with Crippen LogP contribution < -0.4 is 10.2 Å². The molecule has 0 unspecified atom stereocenters. The van der Waals surface area contributed by atoms with Crippen molar-refractivity contribution >= 4 is 11.4 Å². The van der Waals surface area contributed by atoms with Crippen LogP contribution in [-0.4, -0.2) is 45.2 Å². The van der Waals surface area contributed by atoms with Crippen molar-refractivity contribution < 1.29 is 0 Å². The van der Waals surface area contributed by atoms with Crippen LogP contribution in [0.4, 0.5) is 11.4 Å². The minimum absolute atomic E-state index is 1.12. The Balaban J connectivity index is 2.21. The maximum atomic E-state index is 3.28. The van der Waals surface area contributed by atoms with Gasteiger partial charge in [0.25, 0.3) is 0 Å². The van der Waals surface area contributed by atoms with E-state index in [-0.39, 0.29) is 0 Å². The van der Waals surface area contributed by atoms with Gasteiger partial charge in [-0.2, -0.15) is 0 Å². The second-order valence-electron chi connectivity index (χ2n) is 4.56. The van der Waals surface area contributed by atoms with Gasteiger partial charge < -0.3 is 15.1 Å². The molecular formula is C13H21N3. The molecule has 1 aromatic rings. The highest BCUT2D eigenvalue weighted by molar-refractivity contribution is 5.71. The summed E-state index contributed by atoms with van der Waals surface area (Å²) in [5, 5.41) is 3.28. The Morgan fingerprint density at radius 1 is 1.12 bits per heavy atom. The molecule has 1 saturated heterocycles. The standard InChI is InChI=1S/C13H21N3/c1-11-4-5-12(14-2)13(10-11)16-8-6-15(3)7-9-16/h4-5,10,14H,6-9H2,1-3H3. The molecular weight excluding hydrogens is 198 g/mol. The fraction of sp³-hybridized carbons (Fsp3) is 0.538. The quantitative estimate of drug-likeness (QED) is 0.818. The lowest BCUT2D eigenvalue weighted by Gasteiger charge is -2.35. The van der Waals surface area contributed by atoms with Crippen molar-refractivity contribution in [1.29, 1.82) is 0 Å². The minimum atomic E-state index is 1.12. The average molecular weight is 219 g/mol. The van der Waals surface area contributed by atoms with E-state index in [0.717, 1.165) is 26.2 Å². The fourth-order valence-electron chi connectivity index (χ4n) is 2.16. The summed E-state index contributed by atoms with van der Waals surface area (Å²) in [6, 6.07) is 6.60. The maximum Gasteiger partial charge on any atom is 0.0605 e. The fourth-order valence-corrected chi connectivity index (χ4v) is 2.16. The monoisotopic (exact) mass is 219 g/mol. The lowest BCUT2D eigenvalue weighted by atomic mass is 10.1. The molecule has 1 fully saturated rings. The smallest absolute Gasteiger partial charge is 0.0605 e. The van der Waals surface area contributed by atoms with E-state index in [1.165, 1.54) is 16.9 Å². The van der Waals surface area contributed by atoms with Crippen LogP contribution in [-0.2, 0) is 0 Å². The van der Waals surface area contributed by atoms with Gasteiger partial charge in [-0.05, 0) is 31.7 Å². The topological polar surface area (TPSA) is 18.5 Å². The lowest BCUT2D eigenvalue weighted by molar-refractivity contribution is 0.313. The molecule has 0 amide bonds. The number of likely N-dealkylation sites (N-methyl/N-ethyl adjacent to an activating group) is 1. The summed E-state index contributed by atoms with van der Waals surface area (Å²) in [6.45, 7) is 6.69. The van der Waals surface area contributed by atoms with Crippen molar-refractivity contribution in [3.8, 4) is 0 Å². The number of rotatable bonds is 2. The Labute approximate surface area is 98.0 Å². The van der Waals surface area contributed by atoms with Gasteiger partial charge in [-0.1, -0.05) is 6.07 Å². The van der Waals surface area contributed by atoms with Gasteiger partial charge in [0.05, 0.1) is 11.4 Å². The highest BCUT2D eigenvalue weighted by Gasteiger charge is 2.16. The number of piperazine rings is 1. The summed E-state index contributed by atoms with van der Waals surface area (Å²) in [5.74, 6) is 0. The first kappa shape index (κ1) is 11.3. The summed E-state index contributed by atoms with van der Waals surface area (Å²) in [4.78, 5) is 4.85. The van der Waals surface area contributed by atoms with Gasteiger partial charge in [-0.15, -0.1) is 0 Å². The van der Waals surface area contributed by atoms with Crippen LogP contribution in [0.25, 0.3) is 0 Å². The Bertz CT molecular complexity index is 354. The van der Waals surface area contributed by atoms with Crippen LogP contribution >= 0.6 is 0 Å². The molecule has 1 aliphatic heterocycles. The molecule has 0 radical (unpaired) electrons. The second-order valence-corrected chi connectivity index (χ2v) is 4.56. The molecule has 0 aliphatic carbocycles. The Morgan fingerprint density at radius 3 is 2.44 bits per heavy atom. The maximum absolute atomic E-state index is 3.28. The first-order valence-electron chi connectivity index (χ1n) is 5.92. The molecule has 0 spiro atoms.